The van der Waals surface area contributed by atoms with Crippen molar-refractivity contribution >= 4 is 14.3 Å². The zero-order valence-electron chi connectivity index (χ0n) is 44.2. The number of allylic oxidation sites excluding steroid dienone is 2. The first-order chi connectivity index (χ1) is 32.4. The molecule has 1 spiro atoms. The number of fused-ring (bicyclic) bond motifs is 2. The molecule has 0 aromatic rings. The molecule has 0 aromatic carbocycles. The van der Waals surface area contributed by atoms with Crippen molar-refractivity contribution in [3.63, 3.8) is 0 Å². The van der Waals surface area contributed by atoms with E-state index in [1.807, 2.05) is 45.1 Å². The summed E-state index contributed by atoms with van der Waals surface area (Å²) in [4.78, 5) is 14.8. The van der Waals surface area contributed by atoms with Crippen LogP contribution in [0.1, 0.15) is 115 Å². The summed E-state index contributed by atoms with van der Waals surface area (Å²) in [7, 11) is 0.871. The molecule has 6 aliphatic heterocycles. The Morgan fingerprint density at radius 3 is 2.25 bits per heavy atom. The van der Waals surface area contributed by atoms with Crippen LogP contribution in [0.3, 0.4) is 0 Å². The number of methoxy groups -OCH3 is 2. The van der Waals surface area contributed by atoms with Crippen LogP contribution in [0, 0.1) is 23.7 Å². The molecule has 0 saturated carbocycles. The quantitative estimate of drug-likeness (QED) is 0.122. The highest BCUT2D eigenvalue weighted by Crippen LogP contribution is 2.50. The minimum atomic E-state index is -2.37. The van der Waals surface area contributed by atoms with Gasteiger partial charge in [-0.15, -0.1) is 0 Å². The van der Waals surface area contributed by atoms with Gasteiger partial charge in [-0.1, -0.05) is 91.3 Å². The van der Waals surface area contributed by atoms with Gasteiger partial charge in [-0.25, -0.2) is 0 Å². The van der Waals surface area contributed by atoms with Gasteiger partial charge in [0.2, 0.25) is 0 Å². The van der Waals surface area contributed by atoms with E-state index in [4.69, 9.17) is 51.8 Å². The van der Waals surface area contributed by atoms with Gasteiger partial charge in [0.15, 0.2) is 26.7 Å². The summed E-state index contributed by atoms with van der Waals surface area (Å²) >= 11 is 0. The molecule has 14 nitrogen and oxygen atoms in total. The second-order valence-electron chi connectivity index (χ2n) is 22.8. The van der Waals surface area contributed by atoms with Gasteiger partial charge in [0, 0.05) is 51.7 Å². The van der Waals surface area contributed by atoms with Crippen LogP contribution in [0.5, 0.6) is 0 Å². The smallest absolute Gasteiger partial charge is 0.316 e. The molecule has 2 N–H and O–H groups in total. The van der Waals surface area contributed by atoms with Crippen LogP contribution in [0.15, 0.2) is 59.3 Å². The Morgan fingerprint density at radius 2 is 1.57 bits per heavy atom. The van der Waals surface area contributed by atoms with Gasteiger partial charge in [0.05, 0.1) is 55.4 Å². The zero-order valence-corrected chi connectivity index (χ0v) is 45.2. The number of aliphatic hydroxyl groups is 2. The average Bonchev–Trinajstić information content (AvgIpc) is 3.63. The fraction of sp³-hybridized carbons (Fsp3) is 0.796. The van der Waals surface area contributed by atoms with Crippen LogP contribution < -0.4 is 0 Å². The lowest BCUT2D eigenvalue weighted by Crippen LogP contribution is -2.60. The molecule has 20 atom stereocenters. The van der Waals surface area contributed by atoms with E-state index in [-0.39, 0.29) is 47.7 Å². The predicted molar refractivity (Wildman–Crippen MR) is 263 cm³/mol. The molecular weight excluding hydrogens is 901 g/mol. The topological polar surface area (TPSA) is 159 Å². The molecule has 0 aromatic heterocycles. The third kappa shape index (κ3) is 11.5. The Labute approximate surface area is 413 Å². The molecule has 7 aliphatic rings. The minimum Gasteiger partial charge on any atom is -0.462 e. The summed E-state index contributed by atoms with van der Waals surface area (Å²) in [6.07, 6.45) is 10.0. The van der Waals surface area contributed by atoms with Crippen LogP contribution in [0.2, 0.25) is 18.1 Å². The van der Waals surface area contributed by atoms with Crippen molar-refractivity contribution < 1.29 is 66.8 Å². The third-order valence-corrected chi connectivity index (χ3v) is 21.2. The van der Waals surface area contributed by atoms with Gasteiger partial charge < -0.3 is 62.0 Å². The summed E-state index contributed by atoms with van der Waals surface area (Å²) in [5, 5.41) is 23.7. The monoisotopic (exact) mass is 987 g/mol. The van der Waals surface area contributed by atoms with Crippen LogP contribution in [0.25, 0.3) is 0 Å². The van der Waals surface area contributed by atoms with Crippen molar-refractivity contribution in [1.29, 1.82) is 0 Å². The van der Waals surface area contributed by atoms with Crippen molar-refractivity contribution in [1.82, 2.24) is 0 Å². The first-order valence-electron chi connectivity index (χ1n) is 25.8. The number of carbonyl (C=O) groups is 1. The lowest BCUT2D eigenvalue weighted by atomic mass is 9.71. The number of carbonyl (C=O) groups excluding carboxylic acids is 1. The van der Waals surface area contributed by atoms with Crippen molar-refractivity contribution in [3.05, 3.63) is 59.3 Å². The molecule has 2 bridgehead atoms. The van der Waals surface area contributed by atoms with Gasteiger partial charge in [0.1, 0.15) is 35.9 Å². The average molecular weight is 987 g/mol. The molecule has 6 heterocycles. The van der Waals surface area contributed by atoms with Gasteiger partial charge >= 0.3 is 5.97 Å². The largest absolute Gasteiger partial charge is 0.462 e. The third-order valence-electron chi connectivity index (χ3n) is 16.7. The summed E-state index contributed by atoms with van der Waals surface area (Å²) in [5.74, 6) is -2.40. The lowest BCUT2D eigenvalue weighted by Gasteiger charge is -2.49. The van der Waals surface area contributed by atoms with Crippen molar-refractivity contribution in [2.45, 2.75) is 230 Å². The fourth-order valence-electron chi connectivity index (χ4n) is 11.2. The zero-order chi connectivity index (χ0) is 50.4. The lowest BCUT2D eigenvalue weighted by molar-refractivity contribution is -0.318. The van der Waals surface area contributed by atoms with Gasteiger partial charge in [-0.3, -0.25) is 4.79 Å². The number of ether oxygens (including phenoxy) is 10. The first-order valence-corrected chi connectivity index (χ1v) is 28.7. The second-order valence-corrected chi connectivity index (χ2v) is 27.6. The maximum atomic E-state index is 14.8. The van der Waals surface area contributed by atoms with E-state index in [1.54, 1.807) is 14.2 Å². The van der Waals surface area contributed by atoms with E-state index in [2.05, 4.69) is 86.7 Å². The number of rotatable bonds is 10. The standard InChI is InChI=1S/C54H86O14Si/c1-16-30(2)47-33(5)22-23-53(67-47)28-39-25-38(66-53)21-20-32(4)46(64-44-27-42(59-13)49(36(8)62-44)65-43-26-41(58-12)45(55)35(7)61-43)31(3)18-17-19-37-29-60-50-48(68-69(14,15)52(9,10)11)34(6)24-40(51(56)63-39)54(37,50)57/h17-20,22-24,30-31,33,35-36,38-50,55,57H,16,21,25-29H2,1-15H3/b18-17+,32-20+,37-19+/t30-,31-,33-,35-,36-,38+,39-,40-,41-,42-,43-,44-,45-,46-,47+,48+,49-,50+,53+,54+/m0/s1. The SMILES string of the molecule is CC[C@H](C)[C@H]1O[C@]2(C=C[C@@H]1C)C[C@@H]1C[C@@H](C/C=C(\C)[C@@H](O[C@H]3C[C@H](OC)[C@@H](O[C@H]4C[C@H](OC)[C@@H](O)[C@H](C)O4)[C@H](C)O3)[C@@H](C)/C=C/C=C3\CO[C@@H]4[C@H](O[Si](C)(C)C(C)(C)C)C(C)=C[C@@H](C(=O)O1)[C@]34O)O2. The predicted octanol–water partition coefficient (Wildman–Crippen LogP) is 8.41. The molecule has 4 fully saturated rings. The molecule has 69 heavy (non-hydrogen) atoms. The Kier molecular flexibility index (Phi) is 17.3. The molecule has 0 amide bonds. The van der Waals surface area contributed by atoms with Crippen molar-refractivity contribution in [2.24, 2.45) is 23.7 Å². The van der Waals surface area contributed by atoms with E-state index in [0.717, 1.165) is 17.6 Å². The fourth-order valence-corrected chi connectivity index (χ4v) is 12.5. The van der Waals surface area contributed by atoms with E-state index >= 15 is 0 Å². The van der Waals surface area contributed by atoms with Gasteiger partial charge in [-0.2, -0.15) is 0 Å². The second kappa shape index (κ2) is 21.8. The Morgan fingerprint density at radius 1 is 0.884 bits per heavy atom. The number of hydrogen-bond acceptors (Lipinski definition) is 14. The maximum absolute atomic E-state index is 14.8. The van der Waals surface area contributed by atoms with Crippen LogP contribution in [-0.4, -0.2) is 143 Å². The summed E-state index contributed by atoms with van der Waals surface area (Å²) < 4.78 is 71.9. The van der Waals surface area contributed by atoms with Crippen molar-refractivity contribution in [2.75, 3.05) is 20.8 Å². The number of esters is 1. The first kappa shape index (κ1) is 54.7. The van der Waals surface area contributed by atoms with Crippen LogP contribution >= 0.6 is 0 Å². The summed E-state index contributed by atoms with van der Waals surface area (Å²) in [5.41, 5.74) is 0.652. The summed E-state index contributed by atoms with van der Waals surface area (Å²) in [6, 6.07) is 0. The van der Waals surface area contributed by atoms with E-state index in [9.17, 15) is 15.0 Å². The summed E-state index contributed by atoms with van der Waals surface area (Å²) in [6.45, 7) is 27.5. The van der Waals surface area contributed by atoms with Gasteiger partial charge in [-0.05, 0) is 81.0 Å². The van der Waals surface area contributed by atoms with E-state index in [0.29, 0.717) is 37.7 Å². The highest BCUT2D eigenvalue weighted by Gasteiger charge is 2.62. The Hall–Kier alpha value is -2.09. The van der Waals surface area contributed by atoms with E-state index < -0.39 is 99.1 Å². The molecule has 0 radical (unpaired) electrons. The number of aliphatic hydroxyl groups excluding tert-OH is 1. The Balaban J connectivity index is 1.22. The van der Waals surface area contributed by atoms with Crippen LogP contribution in [0.4, 0.5) is 0 Å². The minimum absolute atomic E-state index is 0.0880. The van der Waals surface area contributed by atoms with Gasteiger partial charge in [0.25, 0.3) is 0 Å². The molecule has 390 valence electrons. The molecule has 7 rings (SSSR count). The van der Waals surface area contributed by atoms with E-state index in [1.165, 1.54) is 0 Å². The normalized spacial score (nSPS) is 45.9. The molecule has 15 heteroatoms. The molecular formula is C54H86O14Si. The maximum Gasteiger partial charge on any atom is 0.316 e. The highest BCUT2D eigenvalue weighted by atomic mass is 28.4. The van der Waals surface area contributed by atoms with Crippen LogP contribution in [-0.2, 0) is 56.6 Å². The Bertz CT molecular complexity index is 1940. The highest BCUT2D eigenvalue weighted by molar-refractivity contribution is 6.74. The molecule has 1 aliphatic carbocycles. The molecule has 4 saturated heterocycles. The molecule has 0 unspecified atom stereocenters. The number of hydrogen-bond donors (Lipinski definition) is 2. The van der Waals surface area contributed by atoms with Crippen molar-refractivity contribution in [3.8, 4) is 0 Å².